The van der Waals surface area contributed by atoms with Crippen molar-refractivity contribution in [2.45, 2.75) is 51.1 Å². The largest absolute Gasteiger partial charge is 0.348 e. The summed E-state index contributed by atoms with van der Waals surface area (Å²) < 4.78 is 5.38. The van der Waals surface area contributed by atoms with Crippen LogP contribution in [0.3, 0.4) is 0 Å². The second kappa shape index (κ2) is 7.59. The molecule has 2 aliphatic rings. The van der Waals surface area contributed by atoms with Crippen LogP contribution in [0, 0.1) is 6.92 Å². The lowest BCUT2D eigenvalue weighted by molar-refractivity contribution is 0.0902. The summed E-state index contributed by atoms with van der Waals surface area (Å²) in [7, 11) is 0. The number of aromatic nitrogens is 2. The summed E-state index contributed by atoms with van der Waals surface area (Å²) >= 11 is 0. The highest BCUT2D eigenvalue weighted by Gasteiger charge is 2.29. The van der Waals surface area contributed by atoms with Gasteiger partial charge in [-0.25, -0.2) is 4.98 Å². The van der Waals surface area contributed by atoms with Crippen LogP contribution in [0.1, 0.15) is 58.9 Å². The van der Waals surface area contributed by atoms with Crippen LogP contribution in [0.15, 0.2) is 40.9 Å². The van der Waals surface area contributed by atoms with Crippen LogP contribution >= 0.6 is 0 Å². The number of likely N-dealkylation sites (tertiary alicyclic amines) is 1. The van der Waals surface area contributed by atoms with Gasteiger partial charge < -0.3 is 9.84 Å². The number of hydrogen-bond acceptors (Lipinski definition) is 5. The zero-order valence-corrected chi connectivity index (χ0v) is 16.7. The summed E-state index contributed by atoms with van der Waals surface area (Å²) in [5, 5.41) is 8.05. The highest BCUT2D eigenvalue weighted by molar-refractivity contribution is 6.06. The zero-order chi connectivity index (χ0) is 19.8. The van der Waals surface area contributed by atoms with Crippen LogP contribution in [0.2, 0.25) is 0 Å². The van der Waals surface area contributed by atoms with Gasteiger partial charge in [0.15, 0.2) is 0 Å². The predicted molar refractivity (Wildman–Crippen MR) is 111 cm³/mol. The first-order valence-corrected chi connectivity index (χ1v) is 10.5. The van der Waals surface area contributed by atoms with E-state index in [1.54, 1.807) is 0 Å². The number of fused-ring (bicyclic) bond motifs is 1. The molecule has 2 fully saturated rings. The molecule has 2 aromatic heterocycles. The van der Waals surface area contributed by atoms with Gasteiger partial charge in [-0.05, 0) is 50.8 Å². The molecule has 6 nitrogen and oxygen atoms in total. The molecule has 1 aliphatic heterocycles. The third kappa shape index (κ3) is 3.90. The van der Waals surface area contributed by atoms with Gasteiger partial charge in [0.2, 0.25) is 0 Å². The summed E-state index contributed by atoms with van der Waals surface area (Å²) in [6.07, 6.45) is 4.35. The van der Waals surface area contributed by atoms with Crippen LogP contribution in [-0.2, 0) is 6.54 Å². The Kier molecular flexibility index (Phi) is 4.79. The zero-order valence-electron chi connectivity index (χ0n) is 16.7. The Morgan fingerprint density at radius 1 is 1.24 bits per heavy atom. The standard InChI is InChI=1S/C23H26N4O2/c1-15-21-19(12-20(17-9-10-17)25-23(21)29-26-15)22(28)24-18-8-5-11-27(14-18)13-16-6-3-2-4-7-16/h2-4,6-7,12,17-18H,5,8-11,13-14H2,1H3,(H,24,28)/t18-/m0/s1. The van der Waals surface area contributed by atoms with Gasteiger partial charge in [0.25, 0.3) is 11.6 Å². The smallest absolute Gasteiger partial charge is 0.259 e. The van der Waals surface area contributed by atoms with E-state index in [-0.39, 0.29) is 11.9 Å². The highest BCUT2D eigenvalue weighted by Crippen LogP contribution is 2.40. The molecule has 3 aromatic rings. The molecular formula is C23H26N4O2. The molecule has 1 amide bonds. The molecule has 6 heteroatoms. The van der Waals surface area contributed by atoms with E-state index in [4.69, 9.17) is 4.52 Å². The Bertz CT molecular complexity index is 1030. The Labute approximate surface area is 170 Å². The van der Waals surface area contributed by atoms with Crippen LogP contribution in [0.5, 0.6) is 0 Å². The molecule has 1 saturated heterocycles. The molecule has 0 bridgehead atoms. The molecule has 0 radical (unpaired) electrons. The van der Waals surface area contributed by atoms with Crippen LogP contribution < -0.4 is 5.32 Å². The van der Waals surface area contributed by atoms with Gasteiger partial charge in [0, 0.05) is 30.7 Å². The Balaban J connectivity index is 1.33. The molecule has 1 aromatic carbocycles. The molecule has 0 unspecified atom stereocenters. The molecule has 1 atom stereocenters. The topological polar surface area (TPSA) is 71.3 Å². The van der Waals surface area contributed by atoms with Crippen molar-refractivity contribution in [3.05, 3.63) is 58.9 Å². The normalized spacial score (nSPS) is 20.1. The molecule has 29 heavy (non-hydrogen) atoms. The van der Waals surface area contributed by atoms with Crippen LogP contribution in [0.25, 0.3) is 11.1 Å². The SMILES string of the molecule is Cc1noc2nc(C3CC3)cc(C(=O)N[C@H]3CCCN(Cc4ccccc4)C3)c12. The molecule has 150 valence electrons. The van der Waals surface area contributed by atoms with Crippen LogP contribution in [-0.4, -0.2) is 40.1 Å². The van der Waals surface area contributed by atoms with Crippen molar-refractivity contribution in [2.24, 2.45) is 0 Å². The molecule has 3 heterocycles. The minimum Gasteiger partial charge on any atom is -0.348 e. The lowest BCUT2D eigenvalue weighted by atomic mass is 10.0. The van der Waals surface area contributed by atoms with Crippen molar-refractivity contribution >= 4 is 17.0 Å². The predicted octanol–water partition coefficient (Wildman–Crippen LogP) is 3.80. The van der Waals surface area contributed by atoms with E-state index >= 15 is 0 Å². The maximum absolute atomic E-state index is 13.2. The van der Waals surface area contributed by atoms with Gasteiger partial charge >= 0.3 is 0 Å². The number of aryl methyl sites for hydroxylation is 1. The lowest BCUT2D eigenvalue weighted by Crippen LogP contribution is -2.47. The number of nitrogens with zero attached hydrogens (tertiary/aromatic N) is 3. The van der Waals surface area contributed by atoms with Crippen molar-refractivity contribution in [1.29, 1.82) is 0 Å². The van der Waals surface area contributed by atoms with E-state index in [9.17, 15) is 4.79 Å². The van der Waals surface area contributed by atoms with E-state index in [0.717, 1.165) is 56.4 Å². The Morgan fingerprint density at radius 2 is 2.07 bits per heavy atom. The summed E-state index contributed by atoms with van der Waals surface area (Å²) in [5.41, 5.74) is 4.11. The fourth-order valence-electron chi connectivity index (χ4n) is 4.30. The molecule has 1 saturated carbocycles. The number of pyridine rings is 1. The van der Waals surface area contributed by atoms with E-state index in [1.807, 2.05) is 19.1 Å². The third-order valence-corrected chi connectivity index (χ3v) is 5.97. The van der Waals surface area contributed by atoms with E-state index in [1.165, 1.54) is 5.56 Å². The van der Waals surface area contributed by atoms with Gasteiger partial charge in [-0.15, -0.1) is 0 Å². The number of amides is 1. The third-order valence-electron chi connectivity index (χ3n) is 5.97. The highest BCUT2D eigenvalue weighted by atomic mass is 16.5. The van der Waals surface area contributed by atoms with E-state index in [2.05, 4.69) is 44.6 Å². The van der Waals surface area contributed by atoms with E-state index in [0.29, 0.717) is 22.9 Å². The fraction of sp³-hybridized carbons (Fsp3) is 0.435. The quantitative estimate of drug-likeness (QED) is 0.717. The molecule has 0 spiro atoms. The average Bonchev–Trinajstić information content (AvgIpc) is 3.52. The first-order chi connectivity index (χ1) is 14.2. The summed E-state index contributed by atoms with van der Waals surface area (Å²) in [6.45, 7) is 4.72. The number of piperidine rings is 1. The molecule has 5 rings (SSSR count). The van der Waals surface area contributed by atoms with Gasteiger partial charge in [0.05, 0.1) is 16.6 Å². The summed E-state index contributed by atoms with van der Waals surface area (Å²) in [6, 6.07) is 12.6. The minimum atomic E-state index is -0.0443. The number of carbonyl (C=O) groups excluding carboxylic acids is 1. The van der Waals surface area contributed by atoms with E-state index < -0.39 is 0 Å². The van der Waals surface area contributed by atoms with Gasteiger partial charge in [-0.1, -0.05) is 35.5 Å². The second-order valence-electron chi connectivity index (χ2n) is 8.35. The molecule has 1 aliphatic carbocycles. The lowest BCUT2D eigenvalue weighted by Gasteiger charge is -2.33. The van der Waals surface area contributed by atoms with Crippen LogP contribution in [0.4, 0.5) is 0 Å². The van der Waals surface area contributed by atoms with Crippen molar-refractivity contribution < 1.29 is 9.32 Å². The monoisotopic (exact) mass is 390 g/mol. The van der Waals surface area contributed by atoms with Gasteiger partial charge in [-0.3, -0.25) is 9.69 Å². The molecule has 1 N–H and O–H groups in total. The summed E-state index contributed by atoms with van der Waals surface area (Å²) in [5.74, 6) is 0.407. The maximum Gasteiger partial charge on any atom is 0.259 e. The fourth-order valence-corrected chi connectivity index (χ4v) is 4.30. The number of rotatable bonds is 5. The molecular weight excluding hydrogens is 364 g/mol. The number of carbonyl (C=O) groups is 1. The van der Waals surface area contributed by atoms with Gasteiger partial charge in [-0.2, -0.15) is 0 Å². The Morgan fingerprint density at radius 3 is 2.86 bits per heavy atom. The van der Waals surface area contributed by atoms with Crippen molar-refractivity contribution in [3.8, 4) is 0 Å². The summed E-state index contributed by atoms with van der Waals surface area (Å²) in [4.78, 5) is 20.2. The first kappa shape index (κ1) is 18.3. The number of nitrogens with one attached hydrogen (secondary N) is 1. The van der Waals surface area contributed by atoms with Crippen molar-refractivity contribution in [3.63, 3.8) is 0 Å². The number of hydrogen-bond donors (Lipinski definition) is 1. The maximum atomic E-state index is 13.2. The second-order valence-corrected chi connectivity index (χ2v) is 8.35. The average molecular weight is 390 g/mol. The minimum absolute atomic E-state index is 0.0443. The van der Waals surface area contributed by atoms with Crippen molar-refractivity contribution in [2.75, 3.05) is 13.1 Å². The van der Waals surface area contributed by atoms with Gasteiger partial charge in [0.1, 0.15) is 0 Å². The first-order valence-electron chi connectivity index (χ1n) is 10.5. The van der Waals surface area contributed by atoms with Crippen molar-refractivity contribution in [1.82, 2.24) is 20.4 Å². The number of benzene rings is 1. The Hall–Kier alpha value is -2.73.